The predicted octanol–water partition coefficient (Wildman–Crippen LogP) is 2.95. The zero-order valence-electron chi connectivity index (χ0n) is 12.1. The van der Waals surface area contributed by atoms with Crippen LogP contribution in [0.25, 0.3) is 0 Å². The van der Waals surface area contributed by atoms with Gasteiger partial charge >= 0.3 is 6.03 Å². The van der Waals surface area contributed by atoms with Gasteiger partial charge in [-0.25, -0.2) is 10.2 Å². The number of carbonyl (C=O) groups is 2. The predicted molar refractivity (Wildman–Crippen MR) is 82.4 cm³/mol. The van der Waals surface area contributed by atoms with Crippen LogP contribution in [0.1, 0.15) is 34.6 Å². The number of rotatable bonds is 3. The highest BCUT2D eigenvalue weighted by atomic mass is 35.5. The van der Waals surface area contributed by atoms with Crippen molar-refractivity contribution in [3.63, 3.8) is 0 Å². The Kier molecular flexibility index (Phi) is 5.06. The number of nitrogens with one attached hydrogen (secondary N) is 3. The van der Waals surface area contributed by atoms with E-state index < -0.39 is 11.9 Å². The first-order valence-electron chi connectivity index (χ1n) is 6.64. The molecule has 0 spiro atoms. The van der Waals surface area contributed by atoms with Gasteiger partial charge in [0.1, 0.15) is 5.76 Å². The molecule has 0 aliphatic rings. The maximum atomic E-state index is 11.8. The van der Waals surface area contributed by atoms with Gasteiger partial charge in [0, 0.05) is 5.02 Å². The van der Waals surface area contributed by atoms with Crippen molar-refractivity contribution >= 4 is 23.5 Å². The number of urea groups is 1. The number of carbonyl (C=O) groups excluding carboxylic acids is 2. The monoisotopic (exact) mass is 321 g/mol. The van der Waals surface area contributed by atoms with E-state index in [0.29, 0.717) is 16.3 Å². The van der Waals surface area contributed by atoms with Crippen molar-refractivity contribution in [2.24, 2.45) is 0 Å². The largest absolute Gasteiger partial charge is 0.469 e. The SMILES string of the molecule is Cc1occc1C(=O)NNC(=O)N[C@@H](C)c1cccc(Cl)c1. The number of hydrogen-bond donors (Lipinski definition) is 3. The molecular formula is C15H16ClN3O3. The van der Waals surface area contributed by atoms with E-state index in [9.17, 15) is 9.59 Å². The Bertz CT molecular complexity index is 684. The number of aryl methyl sites for hydroxylation is 1. The van der Waals surface area contributed by atoms with E-state index in [1.807, 2.05) is 13.0 Å². The lowest BCUT2D eigenvalue weighted by Gasteiger charge is -2.15. The van der Waals surface area contributed by atoms with Crippen molar-refractivity contribution in [2.75, 3.05) is 0 Å². The zero-order chi connectivity index (χ0) is 16.1. The van der Waals surface area contributed by atoms with Gasteiger partial charge in [-0.05, 0) is 37.6 Å². The Morgan fingerprint density at radius 1 is 1.23 bits per heavy atom. The van der Waals surface area contributed by atoms with Gasteiger partial charge in [-0.1, -0.05) is 23.7 Å². The van der Waals surface area contributed by atoms with Crippen LogP contribution in [-0.2, 0) is 0 Å². The summed E-state index contributed by atoms with van der Waals surface area (Å²) in [4.78, 5) is 23.6. The van der Waals surface area contributed by atoms with E-state index >= 15 is 0 Å². The van der Waals surface area contributed by atoms with Gasteiger partial charge in [-0.3, -0.25) is 10.2 Å². The van der Waals surface area contributed by atoms with Crippen LogP contribution in [0.5, 0.6) is 0 Å². The summed E-state index contributed by atoms with van der Waals surface area (Å²) in [7, 11) is 0. The second-order valence-corrected chi connectivity index (χ2v) is 5.16. The molecule has 0 bridgehead atoms. The van der Waals surface area contributed by atoms with Crippen molar-refractivity contribution in [3.8, 4) is 0 Å². The first kappa shape index (κ1) is 15.9. The molecule has 2 rings (SSSR count). The highest BCUT2D eigenvalue weighted by Gasteiger charge is 2.13. The third-order valence-corrected chi connectivity index (χ3v) is 3.32. The number of amides is 3. The van der Waals surface area contributed by atoms with E-state index in [1.54, 1.807) is 25.1 Å². The smallest absolute Gasteiger partial charge is 0.333 e. The summed E-state index contributed by atoms with van der Waals surface area (Å²) >= 11 is 5.91. The molecule has 3 N–H and O–H groups in total. The van der Waals surface area contributed by atoms with E-state index in [2.05, 4.69) is 16.2 Å². The summed E-state index contributed by atoms with van der Waals surface area (Å²) < 4.78 is 5.02. The normalized spacial score (nSPS) is 11.6. The lowest BCUT2D eigenvalue weighted by atomic mass is 10.1. The first-order chi connectivity index (χ1) is 10.5. The average molecular weight is 322 g/mol. The van der Waals surface area contributed by atoms with Gasteiger partial charge in [-0.2, -0.15) is 0 Å². The minimum atomic E-state index is -0.526. The fourth-order valence-electron chi connectivity index (χ4n) is 1.89. The molecule has 1 aromatic heterocycles. The molecule has 0 aliphatic carbocycles. The molecule has 0 saturated heterocycles. The van der Waals surface area contributed by atoms with Crippen molar-refractivity contribution in [1.82, 2.24) is 16.2 Å². The van der Waals surface area contributed by atoms with Gasteiger partial charge < -0.3 is 9.73 Å². The van der Waals surface area contributed by atoms with Gasteiger partial charge in [0.25, 0.3) is 5.91 Å². The van der Waals surface area contributed by atoms with Crippen molar-refractivity contribution in [2.45, 2.75) is 19.9 Å². The summed E-state index contributed by atoms with van der Waals surface area (Å²) in [5, 5.41) is 3.28. The van der Waals surface area contributed by atoms with Crippen molar-refractivity contribution in [1.29, 1.82) is 0 Å². The molecular weight excluding hydrogens is 306 g/mol. The summed E-state index contributed by atoms with van der Waals surface area (Å²) in [5.41, 5.74) is 5.82. The number of benzene rings is 1. The molecule has 1 heterocycles. The number of hydrogen-bond acceptors (Lipinski definition) is 3. The molecule has 0 saturated carbocycles. The van der Waals surface area contributed by atoms with Crippen LogP contribution in [0.2, 0.25) is 5.02 Å². The lowest BCUT2D eigenvalue weighted by Crippen LogP contribution is -2.47. The number of hydrazine groups is 1. The average Bonchev–Trinajstić information content (AvgIpc) is 2.91. The summed E-state index contributed by atoms with van der Waals surface area (Å²) in [6.45, 7) is 3.48. The maximum absolute atomic E-state index is 11.8. The Hall–Kier alpha value is -2.47. The van der Waals surface area contributed by atoms with Gasteiger partial charge in [0.05, 0.1) is 17.9 Å². The van der Waals surface area contributed by atoms with Gasteiger partial charge in [0.2, 0.25) is 0 Å². The van der Waals surface area contributed by atoms with Gasteiger partial charge in [-0.15, -0.1) is 0 Å². The molecule has 0 radical (unpaired) electrons. The topological polar surface area (TPSA) is 83.4 Å². The fraction of sp³-hybridized carbons (Fsp3) is 0.200. The second-order valence-electron chi connectivity index (χ2n) is 4.72. The highest BCUT2D eigenvalue weighted by Crippen LogP contribution is 2.17. The zero-order valence-corrected chi connectivity index (χ0v) is 12.9. The lowest BCUT2D eigenvalue weighted by molar-refractivity contribution is 0.0934. The molecule has 22 heavy (non-hydrogen) atoms. The van der Waals surface area contributed by atoms with E-state index in [1.165, 1.54) is 12.3 Å². The quantitative estimate of drug-likeness (QED) is 0.760. The molecule has 1 atom stereocenters. The van der Waals surface area contributed by atoms with Crippen molar-refractivity contribution < 1.29 is 14.0 Å². The Morgan fingerprint density at radius 3 is 2.64 bits per heavy atom. The van der Waals surface area contributed by atoms with Crippen LogP contribution in [0.15, 0.2) is 41.0 Å². The molecule has 0 unspecified atom stereocenters. The van der Waals surface area contributed by atoms with Gasteiger partial charge in [0.15, 0.2) is 0 Å². The summed E-state index contributed by atoms with van der Waals surface area (Å²) in [6.07, 6.45) is 1.41. The van der Waals surface area contributed by atoms with E-state index in [-0.39, 0.29) is 6.04 Å². The van der Waals surface area contributed by atoms with Crippen LogP contribution in [0.3, 0.4) is 0 Å². The summed E-state index contributed by atoms with van der Waals surface area (Å²) in [5.74, 6) is 0.0313. The molecule has 0 aliphatic heterocycles. The van der Waals surface area contributed by atoms with E-state index in [4.69, 9.17) is 16.0 Å². The van der Waals surface area contributed by atoms with E-state index in [0.717, 1.165) is 5.56 Å². The minimum absolute atomic E-state index is 0.258. The highest BCUT2D eigenvalue weighted by molar-refractivity contribution is 6.30. The molecule has 0 fully saturated rings. The van der Waals surface area contributed by atoms with Crippen LogP contribution in [0, 0.1) is 6.92 Å². The number of halogens is 1. The minimum Gasteiger partial charge on any atom is -0.469 e. The fourth-order valence-corrected chi connectivity index (χ4v) is 2.09. The molecule has 7 heteroatoms. The molecule has 3 amide bonds. The Balaban J connectivity index is 1.85. The standard InChI is InChI=1S/C15H16ClN3O3/c1-9(11-4-3-5-12(16)8-11)17-15(21)19-18-14(20)13-6-7-22-10(13)2/h3-9H,1-2H3,(H,18,20)(H2,17,19,21)/t9-/m0/s1. The third kappa shape index (κ3) is 4.02. The van der Waals surface area contributed by atoms with Crippen LogP contribution < -0.4 is 16.2 Å². The maximum Gasteiger partial charge on any atom is 0.333 e. The van der Waals surface area contributed by atoms with Crippen LogP contribution >= 0.6 is 11.6 Å². The summed E-state index contributed by atoms with van der Waals surface area (Å²) in [6, 6.07) is 7.92. The first-order valence-corrected chi connectivity index (χ1v) is 7.01. The Labute approximate surface area is 132 Å². The van der Waals surface area contributed by atoms with Crippen LogP contribution in [-0.4, -0.2) is 11.9 Å². The Morgan fingerprint density at radius 2 is 2.00 bits per heavy atom. The molecule has 2 aromatic rings. The second kappa shape index (κ2) is 7.00. The molecule has 6 nitrogen and oxygen atoms in total. The molecule has 1 aromatic carbocycles. The van der Waals surface area contributed by atoms with Crippen molar-refractivity contribution in [3.05, 3.63) is 58.5 Å². The number of furan rings is 1. The van der Waals surface area contributed by atoms with Crippen LogP contribution in [0.4, 0.5) is 4.79 Å². The molecule has 116 valence electrons. The third-order valence-electron chi connectivity index (χ3n) is 3.09.